The van der Waals surface area contributed by atoms with Crippen LogP contribution in [-0.4, -0.2) is 31.8 Å². The number of unbranched alkanes of at least 4 members (excludes halogenated alkanes) is 1. The normalized spacial score (nSPS) is 10.8. The van der Waals surface area contributed by atoms with Crippen molar-refractivity contribution >= 4 is 27.9 Å². The fourth-order valence-electron chi connectivity index (χ4n) is 5.57. The molecule has 0 spiro atoms. The Hall–Kier alpha value is -4.05. The molecular weight excluding hydrogens is 700 g/mol. The van der Waals surface area contributed by atoms with Gasteiger partial charge in [-0.25, -0.2) is 18.7 Å². The number of carboxylic acids is 2. The number of imidazole rings is 1. The number of rotatable bonds is 12. The molecule has 3 N–H and O–H groups in total. The van der Waals surface area contributed by atoms with Crippen molar-refractivity contribution in [3.8, 4) is 22.3 Å². The molecule has 5 rings (SSSR count). The van der Waals surface area contributed by atoms with Gasteiger partial charge in [0.05, 0.1) is 11.1 Å². The van der Waals surface area contributed by atoms with E-state index in [1.165, 1.54) is 0 Å². The van der Waals surface area contributed by atoms with Gasteiger partial charge in [-0.3, -0.25) is 0 Å². The lowest BCUT2D eigenvalue weighted by atomic mass is 9.98. The van der Waals surface area contributed by atoms with Gasteiger partial charge in [-0.05, 0) is 51.9 Å². The maximum absolute atomic E-state index is 11.7. The number of benzene rings is 4. The lowest BCUT2D eigenvalue weighted by Crippen LogP contribution is -3.00. The molecule has 0 aliphatic heterocycles. The molecule has 45 heavy (non-hydrogen) atoms. The number of nitrogens with zero attached hydrogens (tertiary/aromatic N) is 2. The molecule has 1 heterocycles. The first-order chi connectivity index (χ1) is 21.3. The summed E-state index contributed by atoms with van der Waals surface area (Å²) in [6.07, 6.45) is 2.87. The molecule has 0 radical (unpaired) electrons. The molecule has 0 atom stereocenters. The third-order valence-electron chi connectivity index (χ3n) is 7.86. The van der Waals surface area contributed by atoms with E-state index in [-0.39, 0.29) is 34.7 Å². The lowest BCUT2D eigenvalue weighted by molar-refractivity contribution is -0.707. The summed E-state index contributed by atoms with van der Waals surface area (Å²) >= 11 is 3.85. The molecule has 0 amide bonds. The Morgan fingerprint density at radius 2 is 1.24 bits per heavy atom. The molecule has 4 aromatic carbocycles. The third kappa shape index (κ3) is 7.44. The van der Waals surface area contributed by atoms with Crippen LogP contribution in [0.25, 0.3) is 22.3 Å². The van der Waals surface area contributed by atoms with Gasteiger partial charge in [0.2, 0.25) is 4.60 Å². The van der Waals surface area contributed by atoms with E-state index in [9.17, 15) is 24.9 Å². The first kappa shape index (κ1) is 33.8. The van der Waals surface area contributed by atoms with Crippen LogP contribution >= 0.6 is 15.9 Å². The van der Waals surface area contributed by atoms with E-state index in [1.54, 1.807) is 24.3 Å². The minimum atomic E-state index is -0.961. The van der Waals surface area contributed by atoms with Crippen LogP contribution < -0.4 is 21.5 Å². The van der Waals surface area contributed by atoms with Gasteiger partial charge in [-0.2, -0.15) is 0 Å². The molecule has 0 fully saturated rings. The molecule has 1 aromatic heterocycles. The Balaban J connectivity index is 0.00000461. The average Bonchev–Trinajstić information content (AvgIpc) is 3.29. The topological polar surface area (TPSA) is 104 Å². The summed E-state index contributed by atoms with van der Waals surface area (Å²) in [7, 11) is 0. The Morgan fingerprint density at radius 1 is 0.756 bits per heavy atom. The molecule has 9 heteroatoms. The van der Waals surface area contributed by atoms with Gasteiger partial charge in [0.15, 0.2) is 5.69 Å². The molecular formula is C36H34Br2N2O5. The quantitative estimate of drug-likeness (QED) is 0.167. The summed E-state index contributed by atoms with van der Waals surface area (Å²) in [5.74, 6) is -1.15. The highest BCUT2D eigenvalue weighted by Crippen LogP contribution is 2.27. The largest absolute Gasteiger partial charge is 1.00 e. The maximum Gasteiger partial charge on any atom is 0.336 e. The molecule has 232 valence electrons. The molecule has 0 saturated heterocycles. The fourth-order valence-corrected chi connectivity index (χ4v) is 6.31. The van der Waals surface area contributed by atoms with Crippen LogP contribution in [-0.2, 0) is 26.1 Å². The number of aromatic carboxylic acids is 2. The van der Waals surface area contributed by atoms with Crippen molar-refractivity contribution in [1.29, 1.82) is 0 Å². The van der Waals surface area contributed by atoms with Gasteiger partial charge in [0, 0.05) is 22.4 Å². The standard InChI is InChI=1S/C36H33BrN2O5.BrH/c1-2-3-12-32-34(37)39(22-25-15-19-27(20-16-25)29-9-5-7-11-31(29)36(43)44)33(23-40)38(32)21-24-13-17-26(18-14-24)28-8-4-6-10-30(28)35(41)42;/h4-11,13-20,40H,2-3,12,21-23H2,1H3,(H-,41,42,43,44);1H. The lowest BCUT2D eigenvalue weighted by Gasteiger charge is -2.09. The zero-order chi connectivity index (χ0) is 31.2. The molecule has 5 aromatic rings. The number of hydrogen-bond acceptors (Lipinski definition) is 3. The first-order valence-corrected chi connectivity index (χ1v) is 15.3. The SMILES string of the molecule is CCCCc1c(Br)[n+](Cc2ccc(-c3ccccc3C(=O)O)cc2)c(CO)n1Cc1ccc(-c2ccccc2C(=O)O)cc1.[Br-]. The highest BCUT2D eigenvalue weighted by Gasteiger charge is 2.29. The van der Waals surface area contributed by atoms with Gasteiger partial charge in [0.1, 0.15) is 19.7 Å². The molecule has 7 nitrogen and oxygen atoms in total. The van der Waals surface area contributed by atoms with Crippen molar-refractivity contribution in [2.45, 2.75) is 45.9 Å². The zero-order valence-electron chi connectivity index (χ0n) is 24.8. The second-order valence-corrected chi connectivity index (χ2v) is 11.4. The summed E-state index contributed by atoms with van der Waals surface area (Å²) in [6.45, 7) is 3.07. The van der Waals surface area contributed by atoms with E-state index in [1.807, 2.05) is 72.8 Å². The minimum Gasteiger partial charge on any atom is -1.00 e. The van der Waals surface area contributed by atoms with E-state index in [0.29, 0.717) is 24.2 Å². The molecule has 0 unspecified atom stereocenters. The van der Waals surface area contributed by atoms with Crippen LogP contribution in [0.15, 0.2) is 102 Å². The Kier molecular flexibility index (Phi) is 11.5. The van der Waals surface area contributed by atoms with Crippen molar-refractivity contribution in [3.63, 3.8) is 0 Å². The summed E-state index contributed by atoms with van der Waals surface area (Å²) in [6, 6.07) is 29.7. The fraction of sp³-hybridized carbons (Fsp3) is 0.194. The number of aliphatic hydroxyl groups excluding tert-OH is 1. The molecule has 0 aliphatic rings. The summed E-state index contributed by atoms with van der Waals surface area (Å²) < 4.78 is 5.17. The van der Waals surface area contributed by atoms with Crippen molar-refractivity contribution in [2.75, 3.05) is 0 Å². The summed E-state index contributed by atoms with van der Waals surface area (Å²) in [5.41, 5.74) is 6.67. The van der Waals surface area contributed by atoms with Crippen LogP contribution in [0, 0.1) is 0 Å². The number of hydrogen-bond donors (Lipinski definition) is 3. The van der Waals surface area contributed by atoms with Gasteiger partial charge < -0.3 is 32.3 Å². The predicted octanol–water partition coefficient (Wildman–Crippen LogP) is 4.20. The Labute approximate surface area is 281 Å². The van der Waals surface area contributed by atoms with Crippen molar-refractivity contribution < 1.29 is 46.5 Å². The Bertz CT molecular complexity index is 1800. The van der Waals surface area contributed by atoms with Gasteiger partial charge >= 0.3 is 11.9 Å². The number of halogens is 2. The number of carbonyl (C=O) groups is 2. The number of carboxylic acid groups (broad SMARTS) is 2. The van der Waals surface area contributed by atoms with Crippen molar-refractivity contribution in [2.24, 2.45) is 0 Å². The second kappa shape index (κ2) is 15.3. The van der Waals surface area contributed by atoms with E-state index < -0.39 is 11.9 Å². The minimum absolute atomic E-state index is 0. The molecule has 0 aliphatic carbocycles. The smallest absolute Gasteiger partial charge is 0.336 e. The zero-order valence-corrected chi connectivity index (χ0v) is 28.0. The summed E-state index contributed by atoms with van der Waals surface area (Å²) in [5, 5.41) is 29.8. The van der Waals surface area contributed by atoms with Crippen LogP contribution in [0.4, 0.5) is 0 Å². The maximum atomic E-state index is 11.7. The van der Waals surface area contributed by atoms with E-state index in [0.717, 1.165) is 57.6 Å². The number of aromatic nitrogens is 2. The van der Waals surface area contributed by atoms with Crippen molar-refractivity contribution in [3.05, 3.63) is 135 Å². The van der Waals surface area contributed by atoms with E-state index in [4.69, 9.17) is 0 Å². The van der Waals surface area contributed by atoms with Crippen LogP contribution in [0.5, 0.6) is 0 Å². The van der Waals surface area contributed by atoms with Crippen LogP contribution in [0.3, 0.4) is 0 Å². The van der Waals surface area contributed by atoms with Gasteiger partial charge in [-0.15, -0.1) is 0 Å². The average molecular weight is 734 g/mol. The monoisotopic (exact) mass is 732 g/mol. The molecule has 0 bridgehead atoms. The Morgan fingerprint density at radius 3 is 1.71 bits per heavy atom. The third-order valence-corrected chi connectivity index (χ3v) is 8.74. The number of aliphatic hydroxyl groups is 1. The summed E-state index contributed by atoms with van der Waals surface area (Å²) in [4.78, 5) is 23.4. The van der Waals surface area contributed by atoms with Crippen LogP contribution in [0.2, 0.25) is 0 Å². The van der Waals surface area contributed by atoms with Crippen molar-refractivity contribution in [1.82, 2.24) is 4.57 Å². The highest BCUT2D eigenvalue weighted by molar-refractivity contribution is 9.10. The molecule has 0 saturated carbocycles. The van der Waals surface area contributed by atoms with Gasteiger partial charge in [0.25, 0.3) is 5.82 Å². The highest BCUT2D eigenvalue weighted by atomic mass is 79.9. The van der Waals surface area contributed by atoms with E-state index in [2.05, 4.69) is 32.0 Å². The first-order valence-electron chi connectivity index (χ1n) is 14.6. The van der Waals surface area contributed by atoms with Crippen LogP contribution in [0.1, 0.15) is 63.1 Å². The predicted molar refractivity (Wildman–Crippen MR) is 173 cm³/mol. The van der Waals surface area contributed by atoms with Gasteiger partial charge in [-0.1, -0.05) is 98.3 Å². The second-order valence-electron chi connectivity index (χ2n) is 10.7. The van der Waals surface area contributed by atoms with E-state index >= 15 is 0 Å².